The Morgan fingerprint density at radius 1 is 1.17 bits per heavy atom. The number of nitro benzene ring substituents is 1. The third-order valence-electron chi connectivity index (χ3n) is 5.16. The molecule has 30 heavy (non-hydrogen) atoms. The number of anilines is 2. The van der Waals surface area contributed by atoms with Crippen LogP contribution in [-0.2, 0) is 4.79 Å². The first-order valence-corrected chi connectivity index (χ1v) is 9.51. The van der Waals surface area contributed by atoms with Gasteiger partial charge in [0.1, 0.15) is 12.7 Å². The van der Waals surface area contributed by atoms with E-state index in [1.165, 1.54) is 23.1 Å². The third kappa shape index (κ3) is 4.09. The van der Waals surface area contributed by atoms with E-state index in [1.54, 1.807) is 19.3 Å². The predicted octanol–water partition coefficient (Wildman–Crippen LogP) is 2.13. The minimum Gasteiger partial charge on any atom is -0.355 e. The molecule has 0 radical (unpaired) electrons. The predicted molar refractivity (Wildman–Crippen MR) is 108 cm³/mol. The summed E-state index contributed by atoms with van der Waals surface area (Å²) in [5, 5.41) is 26.2. The molecule has 154 valence electrons. The van der Waals surface area contributed by atoms with Gasteiger partial charge in [-0.15, -0.1) is 10.2 Å². The Hall–Kier alpha value is -3.89. The van der Waals surface area contributed by atoms with Crippen LogP contribution in [0.5, 0.6) is 0 Å². The van der Waals surface area contributed by atoms with Crippen LogP contribution in [0.4, 0.5) is 17.2 Å². The number of carbonyl (C=O) groups excluding carboxylic acids is 1. The number of aromatic nitrogens is 5. The molecular weight excluding hydrogens is 388 g/mol. The van der Waals surface area contributed by atoms with Crippen LogP contribution in [0.15, 0.2) is 43.0 Å². The maximum atomic E-state index is 12.7. The van der Waals surface area contributed by atoms with Crippen molar-refractivity contribution in [1.29, 1.82) is 0 Å². The smallest absolute Gasteiger partial charge is 0.269 e. The standard InChI is InChI=1S/C19H20N8O3/c1-13-10-15(27(29)30)2-3-16(13)22-19(28)14-6-8-25(9-7-14)17-4-5-18(24-23-17)26-12-20-11-21-26/h2-5,10-12,14H,6-9H2,1H3,(H,22,28). The Morgan fingerprint density at radius 3 is 2.50 bits per heavy atom. The van der Waals surface area contributed by atoms with E-state index < -0.39 is 4.92 Å². The highest BCUT2D eigenvalue weighted by Gasteiger charge is 2.26. The molecule has 1 amide bonds. The minimum atomic E-state index is -0.449. The Morgan fingerprint density at radius 2 is 1.90 bits per heavy atom. The van der Waals surface area contributed by atoms with Gasteiger partial charge in [0, 0.05) is 36.8 Å². The van der Waals surface area contributed by atoms with Crippen molar-refractivity contribution in [2.24, 2.45) is 5.92 Å². The van der Waals surface area contributed by atoms with Gasteiger partial charge in [-0.3, -0.25) is 14.9 Å². The maximum Gasteiger partial charge on any atom is 0.269 e. The van der Waals surface area contributed by atoms with Gasteiger partial charge in [-0.2, -0.15) is 5.10 Å². The fraction of sp³-hybridized carbons (Fsp3) is 0.316. The monoisotopic (exact) mass is 408 g/mol. The highest BCUT2D eigenvalue weighted by atomic mass is 16.6. The molecule has 0 unspecified atom stereocenters. The molecule has 3 aromatic rings. The third-order valence-corrected chi connectivity index (χ3v) is 5.16. The molecule has 1 aliphatic heterocycles. The zero-order chi connectivity index (χ0) is 21.1. The average molecular weight is 408 g/mol. The van der Waals surface area contributed by atoms with E-state index in [1.807, 2.05) is 12.1 Å². The number of nitrogens with zero attached hydrogens (tertiary/aromatic N) is 7. The van der Waals surface area contributed by atoms with Crippen molar-refractivity contribution in [3.63, 3.8) is 0 Å². The maximum absolute atomic E-state index is 12.7. The summed E-state index contributed by atoms with van der Waals surface area (Å²) in [6.07, 6.45) is 4.36. The van der Waals surface area contributed by atoms with Crippen molar-refractivity contribution in [3.05, 3.63) is 58.7 Å². The van der Waals surface area contributed by atoms with E-state index >= 15 is 0 Å². The summed E-state index contributed by atoms with van der Waals surface area (Å²) < 4.78 is 1.54. The van der Waals surface area contributed by atoms with Gasteiger partial charge >= 0.3 is 0 Å². The number of benzene rings is 1. The molecule has 1 saturated heterocycles. The molecule has 0 saturated carbocycles. The Bertz CT molecular complexity index is 1040. The number of nitro groups is 1. The Labute approximate surface area is 171 Å². The molecule has 0 aliphatic carbocycles. The minimum absolute atomic E-state index is 0.00903. The number of non-ortho nitro benzene ring substituents is 1. The van der Waals surface area contributed by atoms with Gasteiger partial charge in [0.15, 0.2) is 11.6 Å². The summed E-state index contributed by atoms with van der Waals surface area (Å²) in [5.74, 6) is 1.14. The van der Waals surface area contributed by atoms with Crippen LogP contribution in [-0.4, -0.2) is 48.9 Å². The van der Waals surface area contributed by atoms with Gasteiger partial charge in [-0.25, -0.2) is 9.67 Å². The molecule has 4 rings (SSSR count). The molecule has 0 spiro atoms. The number of hydrogen-bond acceptors (Lipinski definition) is 8. The number of amides is 1. The Balaban J connectivity index is 1.34. The molecule has 0 bridgehead atoms. The molecule has 0 atom stereocenters. The van der Waals surface area contributed by atoms with Crippen molar-refractivity contribution in [2.75, 3.05) is 23.3 Å². The van der Waals surface area contributed by atoms with Gasteiger partial charge in [-0.1, -0.05) is 0 Å². The van der Waals surface area contributed by atoms with E-state index in [2.05, 4.69) is 30.5 Å². The van der Waals surface area contributed by atoms with Crippen LogP contribution in [0, 0.1) is 23.0 Å². The number of aryl methyl sites for hydroxylation is 1. The number of nitrogens with one attached hydrogen (secondary N) is 1. The van der Waals surface area contributed by atoms with Crippen molar-refractivity contribution in [1.82, 2.24) is 25.0 Å². The summed E-state index contributed by atoms with van der Waals surface area (Å²) >= 11 is 0. The van der Waals surface area contributed by atoms with E-state index in [0.29, 0.717) is 43.0 Å². The largest absolute Gasteiger partial charge is 0.355 e. The second kappa shape index (κ2) is 8.23. The molecule has 11 nitrogen and oxygen atoms in total. The molecule has 1 aliphatic rings. The van der Waals surface area contributed by atoms with Crippen molar-refractivity contribution in [3.8, 4) is 5.82 Å². The summed E-state index contributed by atoms with van der Waals surface area (Å²) in [4.78, 5) is 29.0. The van der Waals surface area contributed by atoms with Crippen LogP contribution in [0.25, 0.3) is 5.82 Å². The lowest BCUT2D eigenvalue weighted by molar-refractivity contribution is -0.384. The molecule has 1 fully saturated rings. The fourth-order valence-corrected chi connectivity index (χ4v) is 3.44. The van der Waals surface area contributed by atoms with E-state index in [9.17, 15) is 14.9 Å². The zero-order valence-electron chi connectivity index (χ0n) is 16.3. The first-order valence-electron chi connectivity index (χ1n) is 9.51. The van der Waals surface area contributed by atoms with Crippen molar-refractivity contribution < 1.29 is 9.72 Å². The van der Waals surface area contributed by atoms with Crippen LogP contribution in [0.3, 0.4) is 0 Å². The van der Waals surface area contributed by atoms with Crippen LogP contribution >= 0.6 is 0 Å². The van der Waals surface area contributed by atoms with Crippen LogP contribution in [0.2, 0.25) is 0 Å². The van der Waals surface area contributed by atoms with E-state index in [0.717, 1.165) is 5.82 Å². The molecule has 11 heteroatoms. The summed E-state index contributed by atoms with van der Waals surface area (Å²) in [7, 11) is 0. The first-order chi connectivity index (χ1) is 14.5. The van der Waals surface area contributed by atoms with Gasteiger partial charge < -0.3 is 10.2 Å². The summed E-state index contributed by atoms with van der Waals surface area (Å²) in [6.45, 7) is 3.12. The van der Waals surface area contributed by atoms with Gasteiger partial charge in [-0.05, 0) is 43.5 Å². The second-order valence-corrected chi connectivity index (χ2v) is 7.10. The molecule has 3 heterocycles. The first kappa shape index (κ1) is 19.4. The zero-order valence-corrected chi connectivity index (χ0v) is 16.3. The molecule has 2 aromatic heterocycles. The highest BCUT2D eigenvalue weighted by Crippen LogP contribution is 2.25. The lowest BCUT2D eigenvalue weighted by Gasteiger charge is -2.31. The topological polar surface area (TPSA) is 132 Å². The van der Waals surface area contributed by atoms with Crippen LogP contribution < -0.4 is 10.2 Å². The second-order valence-electron chi connectivity index (χ2n) is 7.10. The number of hydrogen-bond donors (Lipinski definition) is 1. The molecule has 1 aromatic carbocycles. The highest BCUT2D eigenvalue weighted by molar-refractivity contribution is 5.93. The van der Waals surface area contributed by atoms with Gasteiger partial charge in [0.05, 0.1) is 4.92 Å². The molecule has 1 N–H and O–H groups in total. The van der Waals surface area contributed by atoms with Crippen molar-refractivity contribution >= 4 is 23.1 Å². The lowest BCUT2D eigenvalue weighted by atomic mass is 9.95. The number of rotatable bonds is 5. The summed E-state index contributed by atoms with van der Waals surface area (Å²) in [5.41, 5.74) is 1.27. The quantitative estimate of drug-likeness (QED) is 0.501. The van der Waals surface area contributed by atoms with Crippen molar-refractivity contribution in [2.45, 2.75) is 19.8 Å². The van der Waals surface area contributed by atoms with E-state index in [4.69, 9.17) is 0 Å². The number of carbonyl (C=O) groups is 1. The Kier molecular flexibility index (Phi) is 5.33. The van der Waals surface area contributed by atoms with Gasteiger partial charge in [0.25, 0.3) is 5.69 Å². The SMILES string of the molecule is Cc1cc([N+](=O)[O-])ccc1NC(=O)C1CCN(c2ccc(-n3cncn3)nn2)CC1. The summed E-state index contributed by atoms with van der Waals surface area (Å²) in [6, 6.07) is 8.14. The average Bonchev–Trinajstić information content (AvgIpc) is 3.30. The lowest BCUT2D eigenvalue weighted by Crippen LogP contribution is -2.38. The normalized spacial score (nSPS) is 14.5. The van der Waals surface area contributed by atoms with E-state index in [-0.39, 0.29) is 17.5 Å². The fourth-order valence-electron chi connectivity index (χ4n) is 3.44. The van der Waals surface area contributed by atoms with Gasteiger partial charge in [0.2, 0.25) is 5.91 Å². The van der Waals surface area contributed by atoms with Crippen LogP contribution in [0.1, 0.15) is 18.4 Å². The molecular formula is C19H20N8O3. The number of piperidine rings is 1.